The lowest BCUT2D eigenvalue weighted by atomic mass is 10.1. The molecule has 3 rings (SSSR count). The molecule has 1 fully saturated rings. The van der Waals surface area contributed by atoms with E-state index in [9.17, 15) is 13.2 Å². The monoisotopic (exact) mass is 380 g/mol. The van der Waals surface area contributed by atoms with Gasteiger partial charge in [0.05, 0.1) is 30.7 Å². The zero-order valence-electron chi connectivity index (χ0n) is 15.4. The summed E-state index contributed by atoms with van der Waals surface area (Å²) in [6, 6.07) is 3.47. The summed E-state index contributed by atoms with van der Waals surface area (Å²) in [4.78, 5) is 17.3. The molecule has 142 valence electrons. The van der Waals surface area contributed by atoms with E-state index in [1.54, 1.807) is 11.3 Å². The van der Waals surface area contributed by atoms with Crippen LogP contribution >= 0.6 is 0 Å². The summed E-state index contributed by atoms with van der Waals surface area (Å²) < 4.78 is 32.7. The minimum absolute atomic E-state index is 0.0593. The number of nitrogens with zero attached hydrogens (tertiary/aromatic N) is 3. The normalized spacial score (nSPS) is 20.8. The third-order valence-electron chi connectivity index (χ3n) is 4.67. The highest BCUT2D eigenvalue weighted by atomic mass is 32.2. The van der Waals surface area contributed by atoms with Crippen LogP contribution in [-0.2, 0) is 14.8 Å². The van der Waals surface area contributed by atoms with E-state index in [1.165, 1.54) is 18.4 Å². The Morgan fingerprint density at radius 2 is 2.12 bits per heavy atom. The molecule has 2 aromatic heterocycles. The molecule has 1 N–H and O–H groups in total. The lowest BCUT2D eigenvalue weighted by molar-refractivity contribution is 0.0919. The summed E-state index contributed by atoms with van der Waals surface area (Å²) >= 11 is 0. The molecule has 9 heteroatoms. The minimum Gasteiger partial charge on any atom is -0.379 e. The fraction of sp³-hybridized carbons (Fsp3) is 0.529. The molecular weight excluding hydrogens is 356 g/mol. The van der Waals surface area contributed by atoms with Gasteiger partial charge in [-0.3, -0.25) is 9.20 Å². The fourth-order valence-electron chi connectivity index (χ4n) is 3.12. The van der Waals surface area contributed by atoms with Crippen molar-refractivity contribution in [2.24, 2.45) is 5.92 Å². The lowest BCUT2D eigenvalue weighted by Gasteiger charge is -2.21. The van der Waals surface area contributed by atoms with Gasteiger partial charge in [0.1, 0.15) is 11.3 Å². The van der Waals surface area contributed by atoms with E-state index < -0.39 is 10.0 Å². The van der Waals surface area contributed by atoms with Crippen LogP contribution in [-0.4, -0.2) is 67.1 Å². The summed E-state index contributed by atoms with van der Waals surface area (Å²) in [6.07, 6.45) is 1.82. The van der Waals surface area contributed by atoms with Crippen molar-refractivity contribution in [1.82, 2.24) is 19.0 Å². The first kappa shape index (κ1) is 18.8. The number of aromatic nitrogens is 2. The number of amides is 1. The van der Waals surface area contributed by atoms with Gasteiger partial charge in [0.2, 0.25) is 10.0 Å². The Balaban J connectivity index is 1.80. The predicted octanol–water partition coefficient (Wildman–Crippen LogP) is 0.587. The number of aryl methyl sites for hydroxylation is 2. The van der Waals surface area contributed by atoms with E-state index in [0.29, 0.717) is 30.2 Å². The van der Waals surface area contributed by atoms with Gasteiger partial charge in [-0.2, -0.15) is 0 Å². The molecule has 0 spiro atoms. The molecule has 0 radical (unpaired) electrons. The number of ether oxygens (including phenoxy) is 1. The maximum absolute atomic E-state index is 12.8. The first-order chi connectivity index (χ1) is 12.2. The van der Waals surface area contributed by atoms with Crippen molar-refractivity contribution in [2.75, 3.05) is 33.1 Å². The summed E-state index contributed by atoms with van der Waals surface area (Å²) in [5.74, 6) is -0.620. The molecule has 0 aromatic carbocycles. The van der Waals surface area contributed by atoms with Crippen molar-refractivity contribution < 1.29 is 17.9 Å². The van der Waals surface area contributed by atoms with E-state index in [1.807, 2.05) is 25.3 Å². The van der Waals surface area contributed by atoms with E-state index >= 15 is 0 Å². The van der Waals surface area contributed by atoms with E-state index in [2.05, 4.69) is 10.3 Å². The molecule has 1 amide bonds. The van der Waals surface area contributed by atoms with E-state index in [4.69, 9.17) is 4.74 Å². The number of imidazole rings is 1. The molecular formula is C17H24N4O4S. The van der Waals surface area contributed by atoms with Crippen molar-refractivity contribution in [3.8, 4) is 0 Å². The van der Waals surface area contributed by atoms with Gasteiger partial charge in [-0.25, -0.2) is 17.7 Å². The molecule has 0 unspecified atom stereocenters. The van der Waals surface area contributed by atoms with Gasteiger partial charge in [0, 0.05) is 26.2 Å². The van der Waals surface area contributed by atoms with Crippen LogP contribution in [0.5, 0.6) is 0 Å². The molecule has 26 heavy (non-hydrogen) atoms. The third-order valence-corrected chi connectivity index (χ3v) is 6.63. The maximum atomic E-state index is 12.8. The fourth-order valence-corrected chi connectivity index (χ4v) is 4.28. The quantitative estimate of drug-likeness (QED) is 0.819. The molecule has 2 atom stereocenters. The van der Waals surface area contributed by atoms with Gasteiger partial charge in [-0.1, -0.05) is 0 Å². The van der Waals surface area contributed by atoms with Crippen LogP contribution in [0.1, 0.15) is 21.7 Å². The first-order valence-corrected chi connectivity index (χ1v) is 10.0. The zero-order valence-corrected chi connectivity index (χ0v) is 16.2. The number of rotatable bonds is 5. The smallest absolute Gasteiger partial charge is 0.270 e. The average Bonchev–Trinajstić information content (AvgIpc) is 3.09. The van der Waals surface area contributed by atoms with Crippen LogP contribution < -0.4 is 5.32 Å². The van der Waals surface area contributed by atoms with Crippen LogP contribution in [0.3, 0.4) is 0 Å². The Bertz CT molecular complexity index is 936. The Kier molecular flexibility index (Phi) is 5.05. The topological polar surface area (TPSA) is 93.0 Å². The van der Waals surface area contributed by atoms with Crippen molar-refractivity contribution >= 4 is 21.6 Å². The van der Waals surface area contributed by atoms with Gasteiger partial charge < -0.3 is 10.1 Å². The van der Waals surface area contributed by atoms with Gasteiger partial charge in [-0.15, -0.1) is 0 Å². The summed E-state index contributed by atoms with van der Waals surface area (Å²) in [6.45, 7) is 4.36. The van der Waals surface area contributed by atoms with Crippen LogP contribution in [0.15, 0.2) is 18.3 Å². The number of pyridine rings is 1. The molecule has 0 aliphatic carbocycles. The number of carbonyl (C=O) groups excluding carboxylic acids is 1. The van der Waals surface area contributed by atoms with Crippen LogP contribution in [0, 0.1) is 19.8 Å². The number of carbonyl (C=O) groups is 1. The van der Waals surface area contributed by atoms with E-state index in [-0.39, 0.29) is 23.6 Å². The van der Waals surface area contributed by atoms with Gasteiger partial charge in [-0.05, 0) is 31.5 Å². The molecule has 8 nitrogen and oxygen atoms in total. The molecule has 2 aromatic rings. The minimum atomic E-state index is -3.37. The third kappa shape index (κ3) is 3.60. The largest absolute Gasteiger partial charge is 0.379 e. The van der Waals surface area contributed by atoms with Gasteiger partial charge in [0.15, 0.2) is 0 Å². The lowest BCUT2D eigenvalue weighted by Crippen LogP contribution is -2.44. The van der Waals surface area contributed by atoms with Crippen molar-refractivity contribution in [1.29, 1.82) is 0 Å². The SMILES string of the molecule is Cc1ccn2c(C(=O)N[C@H]3COC[C@H]3CS(=O)(=O)N(C)C)c(C)nc2c1. The molecule has 0 saturated carbocycles. The summed E-state index contributed by atoms with van der Waals surface area (Å²) in [7, 11) is -0.362. The average molecular weight is 380 g/mol. The van der Waals surface area contributed by atoms with Crippen molar-refractivity contribution in [3.05, 3.63) is 35.3 Å². The number of sulfonamides is 1. The molecule has 3 heterocycles. The van der Waals surface area contributed by atoms with Crippen molar-refractivity contribution in [2.45, 2.75) is 19.9 Å². The van der Waals surface area contributed by atoms with Gasteiger partial charge >= 0.3 is 0 Å². The van der Waals surface area contributed by atoms with E-state index in [0.717, 1.165) is 5.56 Å². The summed E-state index contributed by atoms with van der Waals surface area (Å²) in [5, 5.41) is 2.93. The van der Waals surface area contributed by atoms with Crippen LogP contribution in [0.4, 0.5) is 0 Å². The highest BCUT2D eigenvalue weighted by molar-refractivity contribution is 7.89. The number of hydrogen-bond donors (Lipinski definition) is 1. The van der Waals surface area contributed by atoms with Gasteiger partial charge in [0.25, 0.3) is 5.91 Å². The number of fused-ring (bicyclic) bond motifs is 1. The highest BCUT2D eigenvalue weighted by Gasteiger charge is 2.35. The summed E-state index contributed by atoms with van der Waals surface area (Å²) in [5.41, 5.74) is 2.86. The molecule has 1 aliphatic rings. The van der Waals surface area contributed by atoms with Crippen molar-refractivity contribution in [3.63, 3.8) is 0 Å². The second-order valence-corrected chi connectivity index (χ2v) is 9.14. The van der Waals surface area contributed by atoms with Crippen LogP contribution in [0.2, 0.25) is 0 Å². The molecule has 1 saturated heterocycles. The number of hydrogen-bond acceptors (Lipinski definition) is 5. The zero-order chi connectivity index (χ0) is 19.1. The standard InChI is InChI=1S/C17H24N4O4S/c1-11-5-6-21-15(7-11)18-12(2)16(21)17(22)19-14-9-25-8-13(14)10-26(23,24)20(3)4/h5-7,13-14H,8-10H2,1-4H3,(H,19,22)/t13-,14-/m0/s1. The second-order valence-electron chi connectivity index (χ2n) is 6.92. The molecule has 1 aliphatic heterocycles. The number of nitrogens with one attached hydrogen (secondary N) is 1. The Labute approximate surface area is 153 Å². The Morgan fingerprint density at radius 3 is 2.81 bits per heavy atom. The Morgan fingerprint density at radius 1 is 1.38 bits per heavy atom. The maximum Gasteiger partial charge on any atom is 0.270 e. The van der Waals surface area contributed by atoms with Crippen LogP contribution in [0.25, 0.3) is 5.65 Å². The first-order valence-electron chi connectivity index (χ1n) is 8.43. The Hall–Kier alpha value is -1.97. The highest BCUT2D eigenvalue weighted by Crippen LogP contribution is 2.19. The predicted molar refractivity (Wildman–Crippen MR) is 97.7 cm³/mol. The second kappa shape index (κ2) is 6.98. The molecule has 0 bridgehead atoms.